The Hall–Kier alpha value is -0.120. The Labute approximate surface area is 43.8 Å². The average molecular weight is 104 g/mol. The van der Waals surface area contributed by atoms with Crippen LogP contribution in [-0.4, -0.2) is 20.2 Å². The molecule has 44 valence electrons. The van der Waals surface area contributed by atoms with E-state index in [1.54, 1.807) is 7.11 Å². The fourth-order valence-corrected chi connectivity index (χ4v) is 0.276. The Morgan fingerprint density at radius 2 is 2.43 bits per heavy atom. The first-order valence-corrected chi connectivity index (χ1v) is 2.37. The highest BCUT2D eigenvalue weighted by atomic mass is 16.6. The minimum absolute atomic E-state index is 0.719. The number of hydrogen-bond donors (Lipinski definition) is 2. The lowest BCUT2D eigenvalue weighted by molar-refractivity contribution is 0.0915. The van der Waals surface area contributed by atoms with Gasteiger partial charge in [-0.15, -0.1) is 0 Å². The second kappa shape index (κ2) is 5.88. The Kier molecular flexibility index (Phi) is 5.78. The SMILES string of the molecule is CONCCCN. The lowest BCUT2D eigenvalue weighted by Gasteiger charge is -1.95. The van der Waals surface area contributed by atoms with Crippen LogP contribution in [-0.2, 0) is 4.84 Å². The summed E-state index contributed by atoms with van der Waals surface area (Å²) < 4.78 is 0. The molecule has 0 atom stereocenters. The Morgan fingerprint density at radius 3 is 2.86 bits per heavy atom. The van der Waals surface area contributed by atoms with Crippen LogP contribution >= 0.6 is 0 Å². The molecule has 0 aromatic rings. The third-order valence-electron chi connectivity index (χ3n) is 0.627. The van der Waals surface area contributed by atoms with Crippen LogP contribution in [0.2, 0.25) is 0 Å². The van der Waals surface area contributed by atoms with Crippen molar-refractivity contribution in [3.63, 3.8) is 0 Å². The highest BCUT2D eigenvalue weighted by Gasteiger charge is 1.77. The summed E-state index contributed by atoms with van der Waals surface area (Å²) in [7, 11) is 1.59. The molecule has 0 saturated carbocycles. The van der Waals surface area contributed by atoms with Crippen LogP contribution in [0.1, 0.15) is 6.42 Å². The predicted molar refractivity (Wildman–Crippen MR) is 28.7 cm³/mol. The fourth-order valence-electron chi connectivity index (χ4n) is 0.276. The van der Waals surface area contributed by atoms with Crippen molar-refractivity contribution in [2.45, 2.75) is 6.42 Å². The average Bonchev–Trinajstić information content (AvgIpc) is 1.69. The maximum absolute atomic E-state index is 5.17. The molecule has 0 saturated heterocycles. The molecule has 0 aliphatic rings. The molecule has 0 rings (SSSR count). The molecule has 0 aliphatic carbocycles. The van der Waals surface area contributed by atoms with Crippen molar-refractivity contribution in [1.82, 2.24) is 5.48 Å². The minimum Gasteiger partial charge on any atom is -0.330 e. The van der Waals surface area contributed by atoms with Crippen molar-refractivity contribution in [2.75, 3.05) is 20.2 Å². The largest absolute Gasteiger partial charge is 0.330 e. The van der Waals surface area contributed by atoms with Crippen LogP contribution in [0, 0.1) is 0 Å². The van der Waals surface area contributed by atoms with Crippen molar-refractivity contribution < 1.29 is 4.84 Å². The number of hydroxylamine groups is 1. The quantitative estimate of drug-likeness (QED) is 0.373. The molecule has 0 heterocycles. The van der Waals surface area contributed by atoms with E-state index in [1.807, 2.05) is 0 Å². The van der Waals surface area contributed by atoms with E-state index in [1.165, 1.54) is 0 Å². The number of nitrogens with two attached hydrogens (primary N) is 1. The van der Waals surface area contributed by atoms with Crippen LogP contribution in [0.3, 0.4) is 0 Å². The number of hydrogen-bond acceptors (Lipinski definition) is 3. The molecule has 0 radical (unpaired) electrons. The zero-order chi connectivity index (χ0) is 5.54. The van der Waals surface area contributed by atoms with Gasteiger partial charge in [0.1, 0.15) is 0 Å². The molecule has 0 spiro atoms. The monoisotopic (exact) mass is 104 g/mol. The van der Waals surface area contributed by atoms with Gasteiger partial charge >= 0.3 is 0 Å². The lowest BCUT2D eigenvalue weighted by atomic mass is 10.4. The van der Waals surface area contributed by atoms with Crippen molar-refractivity contribution in [1.29, 1.82) is 0 Å². The molecule has 0 fully saturated rings. The highest BCUT2D eigenvalue weighted by molar-refractivity contribution is 4.36. The van der Waals surface area contributed by atoms with E-state index in [-0.39, 0.29) is 0 Å². The van der Waals surface area contributed by atoms with Gasteiger partial charge in [-0.25, -0.2) is 5.48 Å². The van der Waals surface area contributed by atoms with E-state index in [9.17, 15) is 0 Å². The molecule has 0 aliphatic heterocycles. The van der Waals surface area contributed by atoms with Gasteiger partial charge in [-0.3, -0.25) is 0 Å². The van der Waals surface area contributed by atoms with Gasteiger partial charge < -0.3 is 10.6 Å². The summed E-state index contributed by atoms with van der Waals surface area (Å²) >= 11 is 0. The zero-order valence-corrected chi connectivity index (χ0v) is 4.61. The first-order chi connectivity index (χ1) is 3.41. The normalized spacial score (nSPS) is 9.43. The summed E-state index contributed by atoms with van der Waals surface area (Å²) in [5.41, 5.74) is 7.84. The Balaban J connectivity index is 2.45. The first kappa shape index (κ1) is 6.88. The third-order valence-corrected chi connectivity index (χ3v) is 0.627. The molecular formula is C4H12N2O. The third kappa shape index (κ3) is 5.88. The summed E-state index contributed by atoms with van der Waals surface area (Å²) in [5, 5.41) is 0. The van der Waals surface area contributed by atoms with Crippen LogP contribution in [0.5, 0.6) is 0 Å². The van der Waals surface area contributed by atoms with E-state index in [0.717, 1.165) is 19.5 Å². The molecule has 7 heavy (non-hydrogen) atoms. The molecule has 3 heteroatoms. The van der Waals surface area contributed by atoms with E-state index in [0.29, 0.717) is 0 Å². The first-order valence-electron chi connectivity index (χ1n) is 2.37. The molecule has 3 nitrogen and oxygen atoms in total. The van der Waals surface area contributed by atoms with Crippen molar-refractivity contribution in [3.8, 4) is 0 Å². The van der Waals surface area contributed by atoms with E-state index >= 15 is 0 Å². The predicted octanol–water partition coefficient (Wildman–Crippen LogP) is -0.514. The molecule has 0 bridgehead atoms. The molecule has 0 aromatic carbocycles. The Morgan fingerprint density at radius 1 is 1.71 bits per heavy atom. The van der Waals surface area contributed by atoms with Crippen LogP contribution < -0.4 is 11.2 Å². The summed E-state index contributed by atoms with van der Waals surface area (Å²) in [6, 6.07) is 0. The number of rotatable bonds is 4. The summed E-state index contributed by atoms with van der Waals surface area (Å²) in [4.78, 5) is 4.54. The minimum atomic E-state index is 0.719. The van der Waals surface area contributed by atoms with Gasteiger partial charge in [0.2, 0.25) is 0 Å². The van der Waals surface area contributed by atoms with Gasteiger partial charge in [0, 0.05) is 6.54 Å². The fraction of sp³-hybridized carbons (Fsp3) is 1.00. The van der Waals surface area contributed by atoms with Crippen molar-refractivity contribution in [2.24, 2.45) is 5.73 Å². The van der Waals surface area contributed by atoms with Gasteiger partial charge in [0.15, 0.2) is 0 Å². The standard InChI is InChI=1S/C4H12N2O/c1-7-6-4-2-3-5/h6H,2-5H2,1H3. The van der Waals surface area contributed by atoms with Gasteiger partial charge in [0.05, 0.1) is 7.11 Å². The topological polar surface area (TPSA) is 47.3 Å². The maximum Gasteiger partial charge on any atom is 0.0572 e. The zero-order valence-electron chi connectivity index (χ0n) is 4.61. The van der Waals surface area contributed by atoms with Gasteiger partial charge in [0.25, 0.3) is 0 Å². The van der Waals surface area contributed by atoms with Gasteiger partial charge in [-0.2, -0.15) is 0 Å². The van der Waals surface area contributed by atoms with E-state index < -0.39 is 0 Å². The maximum atomic E-state index is 5.17. The van der Waals surface area contributed by atoms with E-state index in [2.05, 4.69) is 10.3 Å². The molecule has 0 amide bonds. The smallest absolute Gasteiger partial charge is 0.0572 e. The molecule has 0 unspecified atom stereocenters. The summed E-state index contributed by atoms with van der Waals surface area (Å²) in [6.45, 7) is 1.56. The summed E-state index contributed by atoms with van der Waals surface area (Å²) in [6.07, 6.45) is 0.966. The van der Waals surface area contributed by atoms with E-state index in [4.69, 9.17) is 5.73 Å². The van der Waals surface area contributed by atoms with Crippen LogP contribution in [0.15, 0.2) is 0 Å². The highest BCUT2D eigenvalue weighted by Crippen LogP contribution is 1.66. The van der Waals surface area contributed by atoms with Crippen molar-refractivity contribution >= 4 is 0 Å². The second-order valence-corrected chi connectivity index (χ2v) is 1.24. The van der Waals surface area contributed by atoms with Crippen LogP contribution in [0.25, 0.3) is 0 Å². The molecular weight excluding hydrogens is 92.1 g/mol. The van der Waals surface area contributed by atoms with Gasteiger partial charge in [-0.1, -0.05) is 0 Å². The number of nitrogens with one attached hydrogen (secondary N) is 1. The second-order valence-electron chi connectivity index (χ2n) is 1.24. The molecule has 0 aromatic heterocycles. The Bertz CT molecular complexity index is 28.9. The van der Waals surface area contributed by atoms with Crippen molar-refractivity contribution in [3.05, 3.63) is 0 Å². The lowest BCUT2D eigenvalue weighted by Crippen LogP contribution is -2.16. The van der Waals surface area contributed by atoms with Gasteiger partial charge in [-0.05, 0) is 13.0 Å². The molecule has 3 N–H and O–H groups in total. The summed E-state index contributed by atoms with van der Waals surface area (Å²) in [5.74, 6) is 0. The van der Waals surface area contributed by atoms with Crippen LogP contribution in [0.4, 0.5) is 0 Å².